The molecule has 2 unspecified atom stereocenters. The third-order valence-electron chi connectivity index (χ3n) is 6.41. The van der Waals surface area contributed by atoms with Crippen LogP contribution in [0.4, 0.5) is 0 Å². The second kappa shape index (κ2) is 23.6. The van der Waals surface area contributed by atoms with Crippen LogP contribution in [0.5, 0.6) is 5.75 Å². The van der Waals surface area contributed by atoms with Gasteiger partial charge >= 0.3 is 14.6 Å². The maximum atomic E-state index is 11.8. The molecule has 0 aromatic heterocycles. The summed E-state index contributed by atoms with van der Waals surface area (Å²) < 4.78 is 22.1. The van der Waals surface area contributed by atoms with Crippen LogP contribution in [0.2, 0.25) is 0 Å². The second-order valence-corrected chi connectivity index (χ2v) is 11.4. The molecule has 2 atom stereocenters. The van der Waals surface area contributed by atoms with Crippen LogP contribution >= 0.6 is 8.60 Å². The standard InChI is InChI=1S/C30H54NO6P/c1-5-7-8-9-10-11-12-13-14-15-16-17-19-27-20-18-21-28(24-27)34-25-29(37-30(32)6-2)26-36-38(33)35-23-22-31(3)4/h18,20-21,24,29,33H,5-17,19,22-23,25-26H2,1-4H3/p+1. The molecule has 1 aromatic rings. The largest absolute Gasteiger partial charge is 0.490 e. The quantitative estimate of drug-likeness (QED) is 0.0870. The number of hydrogen-bond donors (Lipinski definition) is 2. The molecule has 0 bridgehead atoms. The fourth-order valence-corrected chi connectivity index (χ4v) is 4.66. The summed E-state index contributed by atoms with van der Waals surface area (Å²) in [5.41, 5.74) is 1.25. The maximum Gasteiger partial charge on any atom is 0.330 e. The number of likely N-dealkylation sites (N-methyl/N-ethyl adjacent to an activating group) is 1. The van der Waals surface area contributed by atoms with E-state index in [0.717, 1.165) is 18.7 Å². The molecule has 2 N–H and O–H groups in total. The SMILES string of the molecule is CCCCCCCCCCCCCCc1cccc(OCC(COP(O)OCC[NH+](C)C)OC(=O)CC)c1. The molecule has 0 heterocycles. The van der Waals surface area contributed by atoms with Crippen molar-refractivity contribution in [1.82, 2.24) is 0 Å². The van der Waals surface area contributed by atoms with E-state index in [1.807, 2.05) is 26.2 Å². The number of rotatable bonds is 25. The third kappa shape index (κ3) is 19.8. The molecule has 7 nitrogen and oxygen atoms in total. The predicted octanol–water partition coefficient (Wildman–Crippen LogP) is 6.03. The smallest absolute Gasteiger partial charge is 0.330 e. The van der Waals surface area contributed by atoms with E-state index in [-0.39, 0.29) is 25.6 Å². The van der Waals surface area contributed by atoms with Gasteiger partial charge in [0.1, 0.15) is 25.5 Å². The summed E-state index contributed by atoms with van der Waals surface area (Å²) in [4.78, 5) is 23.0. The lowest BCUT2D eigenvalue weighted by Crippen LogP contribution is -3.06. The molecule has 0 amide bonds. The summed E-state index contributed by atoms with van der Waals surface area (Å²) in [6.07, 6.45) is 16.8. The maximum absolute atomic E-state index is 11.8. The summed E-state index contributed by atoms with van der Waals surface area (Å²) in [6, 6.07) is 8.11. The summed E-state index contributed by atoms with van der Waals surface area (Å²) >= 11 is 0. The molecule has 0 saturated heterocycles. The number of carbonyl (C=O) groups is 1. The molecule has 0 radical (unpaired) electrons. The zero-order chi connectivity index (χ0) is 27.8. The van der Waals surface area contributed by atoms with E-state index in [2.05, 4.69) is 19.1 Å². The minimum absolute atomic E-state index is 0.0152. The van der Waals surface area contributed by atoms with Gasteiger partial charge in [0.2, 0.25) is 0 Å². The highest BCUT2D eigenvalue weighted by Crippen LogP contribution is 2.32. The van der Waals surface area contributed by atoms with Crippen LogP contribution in [0, 0.1) is 0 Å². The number of nitrogens with one attached hydrogen (secondary N) is 1. The van der Waals surface area contributed by atoms with E-state index in [4.69, 9.17) is 18.5 Å². The van der Waals surface area contributed by atoms with Gasteiger partial charge in [-0.05, 0) is 30.5 Å². The fraction of sp³-hybridized carbons (Fsp3) is 0.767. The van der Waals surface area contributed by atoms with E-state index >= 15 is 0 Å². The Balaban J connectivity index is 2.29. The van der Waals surface area contributed by atoms with Crippen LogP contribution in [0.1, 0.15) is 103 Å². The zero-order valence-electron chi connectivity index (χ0n) is 24.6. The van der Waals surface area contributed by atoms with Gasteiger partial charge in [-0.3, -0.25) is 4.79 Å². The molecule has 38 heavy (non-hydrogen) atoms. The first kappa shape index (κ1) is 34.8. The lowest BCUT2D eigenvalue weighted by molar-refractivity contribution is -0.858. The van der Waals surface area contributed by atoms with E-state index in [1.165, 1.54) is 87.5 Å². The summed E-state index contributed by atoms with van der Waals surface area (Å²) in [6.45, 7) is 5.33. The zero-order valence-corrected chi connectivity index (χ0v) is 25.4. The van der Waals surface area contributed by atoms with E-state index < -0.39 is 14.7 Å². The topological polar surface area (TPSA) is 78.7 Å². The van der Waals surface area contributed by atoms with Crippen molar-refractivity contribution >= 4 is 14.6 Å². The number of aryl methyl sites for hydroxylation is 1. The fourth-order valence-electron chi connectivity index (χ4n) is 4.05. The van der Waals surface area contributed by atoms with Crippen molar-refractivity contribution < 1.29 is 33.1 Å². The summed E-state index contributed by atoms with van der Waals surface area (Å²) in [5, 5.41) is 0. The van der Waals surface area contributed by atoms with Crippen LogP contribution in [0.25, 0.3) is 0 Å². The second-order valence-electron chi connectivity index (χ2n) is 10.4. The van der Waals surface area contributed by atoms with Crippen molar-refractivity contribution in [3.8, 4) is 5.75 Å². The molecule has 220 valence electrons. The Kier molecular flexibility index (Phi) is 21.6. The van der Waals surface area contributed by atoms with E-state index in [9.17, 15) is 9.69 Å². The number of quaternary nitrogens is 1. The summed E-state index contributed by atoms with van der Waals surface area (Å²) in [5.74, 6) is 0.415. The Morgan fingerprint density at radius 2 is 1.53 bits per heavy atom. The van der Waals surface area contributed by atoms with Crippen molar-refractivity contribution in [3.63, 3.8) is 0 Å². The third-order valence-corrected chi connectivity index (χ3v) is 7.19. The molecule has 1 aromatic carbocycles. The highest BCUT2D eigenvalue weighted by Gasteiger charge is 2.19. The monoisotopic (exact) mass is 556 g/mol. The van der Waals surface area contributed by atoms with Crippen LogP contribution in [0.3, 0.4) is 0 Å². The van der Waals surface area contributed by atoms with Gasteiger partial charge < -0.3 is 28.3 Å². The molecule has 0 fully saturated rings. The van der Waals surface area contributed by atoms with Gasteiger partial charge in [-0.15, -0.1) is 0 Å². The van der Waals surface area contributed by atoms with Crippen molar-refractivity contribution in [2.24, 2.45) is 0 Å². The van der Waals surface area contributed by atoms with Gasteiger partial charge in [0.15, 0.2) is 6.10 Å². The molecule has 0 aliphatic heterocycles. The lowest BCUT2D eigenvalue weighted by atomic mass is 10.0. The highest BCUT2D eigenvalue weighted by molar-refractivity contribution is 7.40. The Labute approximate surface area is 233 Å². The number of carbonyl (C=O) groups excluding carboxylic acids is 1. The van der Waals surface area contributed by atoms with E-state index in [0.29, 0.717) is 6.61 Å². The number of esters is 1. The first-order valence-electron chi connectivity index (χ1n) is 14.9. The molecule has 0 spiro atoms. The Bertz CT molecular complexity index is 705. The summed E-state index contributed by atoms with van der Waals surface area (Å²) in [7, 11) is 2.00. The van der Waals surface area contributed by atoms with Crippen LogP contribution < -0.4 is 9.64 Å². The molecular formula is C30H55NO6P+. The van der Waals surface area contributed by atoms with Gasteiger partial charge in [-0.25, -0.2) is 0 Å². The normalized spacial score (nSPS) is 13.0. The van der Waals surface area contributed by atoms with Crippen molar-refractivity contribution in [1.29, 1.82) is 0 Å². The van der Waals surface area contributed by atoms with Gasteiger partial charge in [0.05, 0.1) is 20.7 Å². The molecule has 0 saturated carbocycles. The molecule has 0 aliphatic carbocycles. The van der Waals surface area contributed by atoms with E-state index in [1.54, 1.807) is 6.92 Å². The van der Waals surface area contributed by atoms with Gasteiger partial charge in [0, 0.05) is 6.42 Å². The number of benzene rings is 1. The van der Waals surface area contributed by atoms with Crippen LogP contribution in [-0.4, -0.2) is 57.4 Å². The Morgan fingerprint density at radius 3 is 2.13 bits per heavy atom. The average molecular weight is 557 g/mol. The highest BCUT2D eigenvalue weighted by atomic mass is 31.2. The van der Waals surface area contributed by atoms with Crippen molar-refractivity contribution in [3.05, 3.63) is 29.8 Å². The Hall–Kier alpha value is -1.24. The van der Waals surface area contributed by atoms with Crippen molar-refractivity contribution in [2.45, 2.75) is 110 Å². The average Bonchev–Trinajstić information content (AvgIpc) is 2.90. The van der Waals surface area contributed by atoms with Crippen LogP contribution in [-0.2, 0) is 25.0 Å². The minimum Gasteiger partial charge on any atom is -0.490 e. The van der Waals surface area contributed by atoms with Crippen LogP contribution in [0.15, 0.2) is 24.3 Å². The predicted molar refractivity (Wildman–Crippen MR) is 156 cm³/mol. The Morgan fingerprint density at radius 1 is 0.895 bits per heavy atom. The number of ether oxygens (including phenoxy) is 2. The number of hydrogen-bond acceptors (Lipinski definition) is 6. The van der Waals surface area contributed by atoms with Gasteiger partial charge in [-0.1, -0.05) is 96.6 Å². The molecule has 0 aliphatic rings. The molecular weight excluding hydrogens is 501 g/mol. The first-order valence-corrected chi connectivity index (χ1v) is 16.0. The van der Waals surface area contributed by atoms with Gasteiger partial charge in [0.25, 0.3) is 0 Å². The minimum atomic E-state index is -2.02. The molecule has 1 rings (SSSR count). The number of unbranched alkanes of at least 4 members (excludes halogenated alkanes) is 11. The molecule has 8 heteroatoms. The van der Waals surface area contributed by atoms with Gasteiger partial charge in [-0.2, -0.15) is 0 Å². The lowest BCUT2D eigenvalue weighted by Gasteiger charge is -2.20. The van der Waals surface area contributed by atoms with Crippen molar-refractivity contribution in [2.75, 3.05) is 40.5 Å². The first-order chi connectivity index (χ1) is 18.4.